The van der Waals surface area contributed by atoms with Crippen LogP contribution in [0, 0.1) is 5.82 Å². The zero-order valence-electron chi connectivity index (χ0n) is 15.4. The maximum Gasteiger partial charge on any atom is 0.305 e. The fourth-order valence-electron chi connectivity index (χ4n) is 3.12. The normalized spacial score (nSPS) is 15.9. The summed E-state index contributed by atoms with van der Waals surface area (Å²) in [4.78, 5) is 24.0. The predicted molar refractivity (Wildman–Crippen MR) is 97.2 cm³/mol. The summed E-state index contributed by atoms with van der Waals surface area (Å²) in [5.41, 5.74) is 1.15. The van der Waals surface area contributed by atoms with E-state index in [2.05, 4.69) is 5.32 Å². The second-order valence-electron chi connectivity index (χ2n) is 6.34. The van der Waals surface area contributed by atoms with Gasteiger partial charge in [0, 0.05) is 12.0 Å². The molecule has 2 atom stereocenters. The van der Waals surface area contributed by atoms with Gasteiger partial charge in [-0.05, 0) is 35.9 Å². The average molecular weight is 389 g/mol. The summed E-state index contributed by atoms with van der Waals surface area (Å²) in [6.07, 6.45) is -0.964. The van der Waals surface area contributed by atoms with Crippen molar-refractivity contribution >= 4 is 11.9 Å². The Labute approximate surface area is 161 Å². The first-order valence-corrected chi connectivity index (χ1v) is 8.60. The highest BCUT2D eigenvalue weighted by atomic mass is 19.1. The van der Waals surface area contributed by atoms with Gasteiger partial charge >= 0.3 is 5.97 Å². The van der Waals surface area contributed by atoms with E-state index < -0.39 is 29.8 Å². The zero-order chi connectivity index (χ0) is 20.3. The van der Waals surface area contributed by atoms with Crippen LogP contribution in [0.15, 0.2) is 36.4 Å². The van der Waals surface area contributed by atoms with Crippen LogP contribution in [0.25, 0.3) is 0 Å². The first-order valence-electron chi connectivity index (χ1n) is 8.60. The molecule has 0 saturated heterocycles. The molecule has 1 heterocycles. The van der Waals surface area contributed by atoms with Gasteiger partial charge in [-0.1, -0.05) is 6.07 Å². The molecule has 0 fully saturated rings. The number of carbonyl (C=O) groups is 2. The molecule has 3 rings (SSSR count). The Bertz CT molecular complexity index is 900. The van der Waals surface area contributed by atoms with Gasteiger partial charge in [0.1, 0.15) is 11.6 Å². The molecule has 0 spiro atoms. The van der Waals surface area contributed by atoms with Gasteiger partial charge < -0.3 is 24.6 Å². The van der Waals surface area contributed by atoms with Crippen LogP contribution in [0.3, 0.4) is 0 Å². The molecule has 0 aliphatic carbocycles. The second kappa shape index (κ2) is 8.16. The van der Waals surface area contributed by atoms with Gasteiger partial charge in [-0.2, -0.15) is 0 Å². The highest BCUT2D eigenvalue weighted by Crippen LogP contribution is 2.32. The van der Waals surface area contributed by atoms with Crippen LogP contribution in [-0.2, 0) is 16.0 Å². The molecular weight excluding hydrogens is 369 g/mol. The first kappa shape index (κ1) is 19.5. The molecule has 0 saturated carbocycles. The molecular formula is C20H20FNO6. The number of aliphatic carboxylic acids is 1. The number of carboxylic acid groups (broad SMARTS) is 1. The Kier molecular flexibility index (Phi) is 5.67. The van der Waals surface area contributed by atoms with E-state index >= 15 is 0 Å². The number of rotatable bonds is 7. The Morgan fingerprint density at radius 1 is 1.21 bits per heavy atom. The van der Waals surface area contributed by atoms with E-state index in [0.717, 1.165) is 0 Å². The zero-order valence-corrected chi connectivity index (χ0v) is 15.4. The first-order chi connectivity index (χ1) is 13.4. The predicted octanol–water partition coefficient (Wildman–Crippen LogP) is 2.48. The smallest absolute Gasteiger partial charge is 0.305 e. The number of nitrogens with one attached hydrogen (secondary N) is 1. The molecule has 1 aliphatic rings. The molecule has 7 nitrogen and oxygen atoms in total. The van der Waals surface area contributed by atoms with Crippen molar-refractivity contribution in [3.05, 3.63) is 53.3 Å². The summed E-state index contributed by atoms with van der Waals surface area (Å²) >= 11 is 0. The van der Waals surface area contributed by atoms with Gasteiger partial charge in [0.2, 0.25) is 0 Å². The molecule has 0 unspecified atom stereocenters. The maximum atomic E-state index is 13.4. The molecule has 2 N–H and O–H groups in total. The van der Waals surface area contributed by atoms with E-state index in [1.807, 2.05) is 0 Å². The summed E-state index contributed by atoms with van der Waals surface area (Å²) in [6.45, 7) is 0. The van der Waals surface area contributed by atoms with E-state index in [1.165, 1.54) is 32.4 Å². The van der Waals surface area contributed by atoms with Gasteiger partial charge in [-0.3, -0.25) is 9.59 Å². The van der Waals surface area contributed by atoms with Crippen molar-refractivity contribution in [1.82, 2.24) is 5.32 Å². The molecule has 0 bridgehead atoms. The molecule has 148 valence electrons. The number of benzene rings is 2. The van der Waals surface area contributed by atoms with Crippen LogP contribution >= 0.6 is 0 Å². The van der Waals surface area contributed by atoms with Crippen molar-refractivity contribution in [2.24, 2.45) is 0 Å². The standard InChI is InChI=1S/C20H20FNO6/c1-26-16-5-3-11(8-17(16)27-2)14(10-19(23)24)22-20(25)18-9-12-7-13(21)4-6-15(12)28-18/h3-8,14,18H,9-10H2,1-2H3,(H,22,25)(H,23,24)/t14-,18-/m0/s1. The van der Waals surface area contributed by atoms with E-state index in [0.29, 0.717) is 28.4 Å². The van der Waals surface area contributed by atoms with Gasteiger partial charge in [0.05, 0.1) is 26.7 Å². The molecule has 1 amide bonds. The lowest BCUT2D eigenvalue weighted by Gasteiger charge is -2.21. The summed E-state index contributed by atoms with van der Waals surface area (Å²) in [7, 11) is 2.96. The van der Waals surface area contributed by atoms with Crippen LogP contribution in [0.2, 0.25) is 0 Å². The highest BCUT2D eigenvalue weighted by Gasteiger charge is 2.31. The second-order valence-corrected chi connectivity index (χ2v) is 6.34. The Balaban J connectivity index is 1.78. The van der Waals surface area contributed by atoms with Crippen molar-refractivity contribution in [2.75, 3.05) is 14.2 Å². The van der Waals surface area contributed by atoms with Crippen LogP contribution in [0.1, 0.15) is 23.6 Å². The number of hydrogen-bond acceptors (Lipinski definition) is 5. The number of carbonyl (C=O) groups excluding carboxylic acids is 1. The van der Waals surface area contributed by atoms with Gasteiger partial charge in [-0.15, -0.1) is 0 Å². The minimum atomic E-state index is -1.07. The monoisotopic (exact) mass is 389 g/mol. The summed E-state index contributed by atoms with van der Waals surface area (Å²) in [5.74, 6) is -0.594. The molecule has 0 aromatic heterocycles. The van der Waals surface area contributed by atoms with E-state index in [1.54, 1.807) is 18.2 Å². The molecule has 28 heavy (non-hydrogen) atoms. The summed E-state index contributed by atoms with van der Waals surface area (Å²) < 4.78 is 29.4. The number of ether oxygens (including phenoxy) is 3. The molecule has 2 aromatic rings. The van der Waals surface area contributed by atoms with Gasteiger partial charge in [0.25, 0.3) is 5.91 Å². The van der Waals surface area contributed by atoms with E-state index in [9.17, 15) is 19.1 Å². The number of amides is 1. The topological polar surface area (TPSA) is 94.1 Å². The lowest BCUT2D eigenvalue weighted by atomic mass is 10.0. The number of hydrogen-bond donors (Lipinski definition) is 2. The Morgan fingerprint density at radius 3 is 2.64 bits per heavy atom. The molecule has 2 aromatic carbocycles. The quantitative estimate of drug-likeness (QED) is 0.756. The van der Waals surface area contributed by atoms with Crippen LogP contribution in [0.4, 0.5) is 4.39 Å². The summed E-state index contributed by atoms with van der Waals surface area (Å²) in [5, 5.41) is 12.0. The SMILES string of the molecule is COc1ccc([C@H](CC(=O)O)NC(=O)[C@@H]2Cc3cc(F)ccc3O2)cc1OC. The van der Waals surface area contributed by atoms with Crippen molar-refractivity contribution < 1.29 is 33.3 Å². The lowest BCUT2D eigenvalue weighted by Crippen LogP contribution is -2.40. The average Bonchev–Trinajstić information content (AvgIpc) is 3.09. The maximum absolute atomic E-state index is 13.4. The minimum Gasteiger partial charge on any atom is -0.493 e. The fraction of sp³-hybridized carbons (Fsp3) is 0.300. The third kappa shape index (κ3) is 4.16. The third-order valence-electron chi connectivity index (χ3n) is 4.49. The van der Waals surface area contributed by atoms with Crippen molar-refractivity contribution in [1.29, 1.82) is 0 Å². The van der Waals surface area contributed by atoms with E-state index in [-0.39, 0.29) is 12.8 Å². The van der Waals surface area contributed by atoms with Crippen LogP contribution in [-0.4, -0.2) is 37.3 Å². The van der Waals surface area contributed by atoms with Gasteiger partial charge in [0.15, 0.2) is 17.6 Å². The molecule has 8 heteroatoms. The summed E-state index contributed by atoms with van der Waals surface area (Å²) in [6, 6.07) is 8.18. The molecule has 1 aliphatic heterocycles. The van der Waals surface area contributed by atoms with Gasteiger partial charge in [-0.25, -0.2) is 4.39 Å². The lowest BCUT2D eigenvalue weighted by molar-refractivity contribution is -0.138. The Morgan fingerprint density at radius 2 is 1.96 bits per heavy atom. The molecule has 0 radical (unpaired) electrons. The number of halogens is 1. The number of methoxy groups -OCH3 is 2. The van der Waals surface area contributed by atoms with Crippen molar-refractivity contribution in [3.8, 4) is 17.2 Å². The number of carboxylic acids is 1. The fourth-order valence-corrected chi connectivity index (χ4v) is 3.12. The highest BCUT2D eigenvalue weighted by molar-refractivity contribution is 5.83. The Hall–Kier alpha value is -3.29. The minimum absolute atomic E-state index is 0.213. The number of fused-ring (bicyclic) bond motifs is 1. The third-order valence-corrected chi connectivity index (χ3v) is 4.49. The largest absolute Gasteiger partial charge is 0.493 e. The van der Waals surface area contributed by atoms with Crippen LogP contribution in [0.5, 0.6) is 17.2 Å². The van der Waals surface area contributed by atoms with Crippen molar-refractivity contribution in [2.45, 2.75) is 25.0 Å². The van der Waals surface area contributed by atoms with E-state index in [4.69, 9.17) is 14.2 Å². The van der Waals surface area contributed by atoms with Crippen LogP contribution < -0.4 is 19.5 Å². The van der Waals surface area contributed by atoms with Crippen molar-refractivity contribution in [3.63, 3.8) is 0 Å².